The maximum atomic E-state index is 12.9. The third-order valence-corrected chi connectivity index (χ3v) is 3.57. The fourth-order valence-corrected chi connectivity index (χ4v) is 2.29. The van der Waals surface area contributed by atoms with E-state index in [1.54, 1.807) is 19.2 Å². The Hall–Kier alpha value is -2.56. The van der Waals surface area contributed by atoms with Gasteiger partial charge in [0.2, 0.25) is 0 Å². The molecule has 0 radical (unpaired) electrons. The van der Waals surface area contributed by atoms with Crippen molar-refractivity contribution in [3.8, 4) is 5.75 Å². The third-order valence-electron chi connectivity index (χ3n) is 3.57. The van der Waals surface area contributed by atoms with E-state index < -0.39 is 0 Å². The van der Waals surface area contributed by atoms with Crippen molar-refractivity contribution in [2.75, 3.05) is 13.7 Å². The maximum absolute atomic E-state index is 12.9. The normalized spacial score (nSPS) is 11.2. The van der Waals surface area contributed by atoms with Gasteiger partial charge in [-0.3, -0.25) is 4.99 Å². The highest BCUT2D eigenvalue weighted by Crippen LogP contribution is 2.20. The first-order valence-corrected chi connectivity index (χ1v) is 8.03. The smallest absolute Gasteiger partial charge is 0.191 e. The lowest BCUT2D eigenvalue weighted by atomic mass is 10.1. The molecule has 2 aromatic rings. The highest BCUT2D eigenvalue weighted by atomic mass is 19.1. The molecule has 0 heterocycles. The summed E-state index contributed by atoms with van der Waals surface area (Å²) in [6, 6.07) is 12.6. The van der Waals surface area contributed by atoms with E-state index in [-0.39, 0.29) is 5.82 Å². The minimum absolute atomic E-state index is 0.232. The summed E-state index contributed by atoms with van der Waals surface area (Å²) in [5, 5.41) is 6.48. The van der Waals surface area contributed by atoms with Crippen molar-refractivity contribution in [3.63, 3.8) is 0 Å². The average Bonchev–Trinajstić information content (AvgIpc) is 2.58. The Morgan fingerprint density at radius 2 is 1.79 bits per heavy atom. The van der Waals surface area contributed by atoms with E-state index in [0.29, 0.717) is 25.7 Å². The fraction of sp³-hybridized carbons (Fsp3) is 0.316. The van der Waals surface area contributed by atoms with Crippen LogP contribution in [0.5, 0.6) is 5.75 Å². The zero-order valence-corrected chi connectivity index (χ0v) is 14.4. The van der Waals surface area contributed by atoms with Gasteiger partial charge >= 0.3 is 0 Å². The Morgan fingerprint density at radius 3 is 2.46 bits per heavy atom. The van der Waals surface area contributed by atoms with Crippen molar-refractivity contribution in [1.82, 2.24) is 10.6 Å². The number of hydrogen-bond acceptors (Lipinski definition) is 2. The molecular formula is C19H24FN3O. The number of nitrogens with zero attached hydrogens (tertiary/aromatic N) is 1. The quantitative estimate of drug-likeness (QED) is 0.631. The molecule has 0 bridgehead atoms. The van der Waals surface area contributed by atoms with E-state index in [4.69, 9.17) is 4.74 Å². The molecule has 5 heteroatoms. The van der Waals surface area contributed by atoms with Gasteiger partial charge in [0.05, 0.1) is 6.61 Å². The molecule has 0 aliphatic rings. The van der Waals surface area contributed by atoms with Gasteiger partial charge in [0.25, 0.3) is 0 Å². The van der Waals surface area contributed by atoms with Crippen LogP contribution in [-0.2, 0) is 13.1 Å². The van der Waals surface area contributed by atoms with Gasteiger partial charge in [0.15, 0.2) is 5.96 Å². The first-order valence-electron chi connectivity index (χ1n) is 8.03. The summed E-state index contributed by atoms with van der Waals surface area (Å²) < 4.78 is 18.6. The van der Waals surface area contributed by atoms with Crippen molar-refractivity contribution in [2.45, 2.75) is 26.9 Å². The van der Waals surface area contributed by atoms with Crippen molar-refractivity contribution >= 4 is 5.96 Å². The Bertz CT molecular complexity index is 684. The fourth-order valence-electron chi connectivity index (χ4n) is 2.29. The number of aliphatic imine (C=N–C) groups is 1. The number of benzene rings is 2. The summed E-state index contributed by atoms with van der Waals surface area (Å²) >= 11 is 0. The highest BCUT2D eigenvalue weighted by Gasteiger charge is 2.05. The van der Waals surface area contributed by atoms with E-state index in [1.165, 1.54) is 17.7 Å². The molecule has 128 valence electrons. The number of nitrogens with one attached hydrogen (secondary N) is 2. The second kappa shape index (κ2) is 8.91. The Kier molecular flexibility index (Phi) is 6.61. The van der Waals surface area contributed by atoms with Crippen molar-refractivity contribution in [3.05, 3.63) is 65.0 Å². The number of halogens is 1. The first kappa shape index (κ1) is 17.8. The third kappa shape index (κ3) is 5.26. The van der Waals surface area contributed by atoms with Crippen LogP contribution < -0.4 is 15.4 Å². The van der Waals surface area contributed by atoms with Gasteiger partial charge in [-0.1, -0.05) is 24.3 Å². The van der Waals surface area contributed by atoms with Crippen LogP contribution in [0.1, 0.15) is 23.6 Å². The van der Waals surface area contributed by atoms with Gasteiger partial charge in [-0.2, -0.15) is 0 Å². The van der Waals surface area contributed by atoms with Crippen LogP contribution >= 0.6 is 0 Å². The molecule has 0 saturated carbocycles. The molecule has 4 nitrogen and oxygen atoms in total. The number of aryl methyl sites for hydroxylation is 1. The summed E-state index contributed by atoms with van der Waals surface area (Å²) in [5.41, 5.74) is 3.23. The van der Waals surface area contributed by atoms with Crippen LogP contribution in [0.25, 0.3) is 0 Å². The van der Waals surface area contributed by atoms with Gasteiger partial charge in [0, 0.05) is 25.7 Å². The molecule has 24 heavy (non-hydrogen) atoms. The summed E-state index contributed by atoms with van der Waals surface area (Å²) in [6.45, 7) is 5.84. The van der Waals surface area contributed by atoms with E-state index in [0.717, 1.165) is 16.9 Å². The standard InChI is InChI=1S/C19H24FN3O/c1-4-24-18-11-14(2)5-8-16(18)13-23-19(21-3)22-12-15-6-9-17(20)10-7-15/h5-11H,4,12-13H2,1-3H3,(H2,21,22,23). The largest absolute Gasteiger partial charge is 0.494 e. The highest BCUT2D eigenvalue weighted by molar-refractivity contribution is 5.79. The van der Waals surface area contributed by atoms with E-state index >= 15 is 0 Å². The molecule has 0 saturated heterocycles. The molecule has 0 spiro atoms. The summed E-state index contributed by atoms with van der Waals surface area (Å²) in [4.78, 5) is 4.21. The molecule has 2 aromatic carbocycles. The monoisotopic (exact) mass is 329 g/mol. The van der Waals surface area contributed by atoms with Crippen molar-refractivity contribution in [2.24, 2.45) is 4.99 Å². The van der Waals surface area contributed by atoms with E-state index in [2.05, 4.69) is 27.8 Å². The van der Waals surface area contributed by atoms with Crippen molar-refractivity contribution in [1.29, 1.82) is 0 Å². The average molecular weight is 329 g/mol. The molecule has 0 atom stereocenters. The van der Waals surface area contributed by atoms with Gasteiger partial charge in [0.1, 0.15) is 11.6 Å². The molecule has 0 aromatic heterocycles. The predicted octanol–water partition coefficient (Wildman–Crippen LogP) is 3.40. The Balaban J connectivity index is 1.93. The molecule has 0 aliphatic carbocycles. The van der Waals surface area contributed by atoms with E-state index in [9.17, 15) is 4.39 Å². The minimum atomic E-state index is -0.232. The lowest BCUT2D eigenvalue weighted by molar-refractivity contribution is 0.336. The second-order valence-corrected chi connectivity index (χ2v) is 5.45. The van der Waals surface area contributed by atoms with Crippen LogP contribution in [0.3, 0.4) is 0 Å². The summed E-state index contributed by atoms with van der Waals surface area (Å²) in [6.07, 6.45) is 0. The Labute approximate surface area is 142 Å². The molecular weight excluding hydrogens is 305 g/mol. The maximum Gasteiger partial charge on any atom is 0.191 e. The molecule has 0 amide bonds. The lowest BCUT2D eigenvalue weighted by Gasteiger charge is -2.15. The second-order valence-electron chi connectivity index (χ2n) is 5.45. The number of hydrogen-bond donors (Lipinski definition) is 2. The minimum Gasteiger partial charge on any atom is -0.494 e. The molecule has 0 fully saturated rings. The zero-order valence-electron chi connectivity index (χ0n) is 14.4. The summed E-state index contributed by atoms with van der Waals surface area (Å²) in [5.74, 6) is 1.34. The van der Waals surface area contributed by atoms with E-state index in [1.807, 2.05) is 19.9 Å². The lowest BCUT2D eigenvalue weighted by Crippen LogP contribution is -2.36. The van der Waals surface area contributed by atoms with Crippen LogP contribution in [0.15, 0.2) is 47.5 Å². The van der Waals surface area contributed by atoms with Gasteiger partial charge in [-0.25, -0.2) is 4.39 Å². The van der Waals surface area contributed by atoms with Crippen LogP contribution in [0.2, 0.25) is 0 Å². The van der Waals surface area contributed by atoms with Gasteiger partial charge in [-0.05, 0) is 43.2 Å². The topological polar surface area (TPSA) is 45.6 Å². The first-order chi connectivity index (χ1) is 11.6. The SMILES string of the molecule is CCOc1cc(C)ccc1CNC(=NC)NCc1ccc(F)cc1. The molecule has 2 rings (SSSR count). The summed E-state index contributed by atoms with van der Waals surface area (Å²) in [7, 11) is 1.72. The zero-order chi connectivity index (χ0) is 17.4. The molecule has 2 N–H and O–H groups in total. The number of rotatable bonds is 6. The van der Waals surface area contributed by atoms with Gasteiger partial charge < -0.3 is 15.4 Å². The van der Waals surface area contributed by atoms with Crippen molar-refractivity contribution < 1.29 is 9.13 Å². The Morgan fingerprint density at radius 1 is 1.08 bits per heavy atom. The van der Waals surface area contributed by atoms with Crippen LogP contribution in [0, 0.1) is 12.7 Å². The van der Waals surface area contributed by atoms with Crippen LogP contribution in [0.4, 0.5) is 4.39 Å². The molecule has 0 aliphatic heterocycles. The molecule has 0 unspecified atom stereocenters. The van der Waals surface area contributed by atoms with Crippen LogP contribution in [-0.4, -0.2) is 19.6 Å². The predicted molar refractivity (Wildman–Crippen MR) is 95.8 cm³/mol. The number of ether oxygens (including phenoxy) is 1. The van der Waals surface area contributed by atoms with Gasteiger partial charge in [-0.15, -0.1) is 0 Å². The number of guanidine groups is 1.